The lowest BCUT2D eigenvalue weighted by Gasteiger charge is -2.14. The minimum atomic E-state index is -0.0887. The predicted octanol–water partition coefficient (Wildman–Crippen LogP) is 2.13. The Balaban J connectivity index is 2.32. The van der Waals surface area contributed by atoms with Crippen molar-refractivity contribution in [1.82, 2.24) is 10.6 Å². The van der Waals surface area contributed by atoms with Crippen LogP contribution in [-0.2, 0) is 4.79 Å². The van der Waals surface area contributed by atoms with Crippen molar-refractivity contribution in [2.24, 2.45) is 0 Å². The van der Waals surface area contributed by atoms with Crippen LogP contribution in [0.4, 0.5) is 0 Å². The lowest BCUT2D eigenvalue weighted by Crippen LogP contribution is -2.35. The summed E-state index contributed by atoms with van der Waals surface area (Å²) in [6, 6.07) is 10.1. The Labute approximate surface area is 116 Å². The molecule has 0 saturated heterocycles. The second kappa shape index (κ2) is 7.85. The molecule has 0 heterocycles. The zero-order valence-corrected chi connectivity index (χ0v) is 11.8. The van der Waals surface area contributed by atoms with Crippen molar-refractivity contribution in [3.8, 4) is 6.07 Å². The molecule has 0 radical (unpaired) electrons. The van der Waals surface area contributed by atoms with E-state index in [-0.39, 0.29) is 18.5 Å². The maximum atomic E-state index is 11.4. The van der Waals surface area contributed by atoms with Crippen LogP contribution < -0.4 is 10.6 Å². The highest BCUT2D eigenvalue weighted by Crippen LogP contribution is 2.16. The second-order valence-corrected chi connectivity index (χ2v) is 4.83. The Morgan fingerprint density at radius 2 is 2.11 bits per heavy atom. The molecule has 4 nitrogen and oxygen atoms in total. The summed E-state index contributed by atoms with van der Waals surface area (Å²) in [7, 11) is 0. The molecule has 0 aliphatic heterocycles. The maximum absolute atomic E-state index is 11.4. The summed E-state index contributed by atoms with van der Waals surface area (Å²) in [6.07, 6.45) is 0.341. The number of nitrogens with one attached hydrogen (secondary N) is 2. The Bertz CT molecular complexity index is 425. The Morgan fingerprint density at radius 1 is 1.44 bits per heavy atom. The van der Waals surface area contributed by atoms with Gasteiger partial charge in [0.1, 0.15) is 0 Å². The van der Waals surface area contributed by atoms with Gasteiger partial charge in [0.15, 0.2) is 0 Å². The first-order valence-corrected chi connectivity index (χ1v) is 6.55. The molecule has 0 spiro atoms. The molecular formula is C13H16BrN3O. The number of hydrogen-bond donors (Lipinski definition) is 2. The van der Waals surface area contributed by atoms with E-state index in [0.29, 0.717) is 13.0 Å². The summed E-state index contributed by atoms with van der Waals surface area (Å²) in [5, 5.41) is 14.2. The highest BCUT2D eigenvalue weighted by atomic mass is 79.9. The van der Waals surface area contributed by atoms with Crippen LogP contribution in [0.15, 0.2) is 28.7 Å². The molecule has 18 heavy (non-hydrogen) atoms. The quantitative estimate of drug-likeness (QED) is 0.791. The SMILES string of the molecule is C[C@@H](NCC(=O)NCCC#N)c1ccc(Br)cc1. The number of halogens is 1. The van der Waals surface area contributed by atoms with E-state index in [1.807, 2.05) is 37.3 Å². The molecule has 0 bridgehead atoms. The molecule has 0 aliphatic carbocycles. The van der Waals surface area contributed by atoms with Gasteiger partial charge in [0.25, 0.3) is 0 Å². The number of carbonyl (C=O) groups excluding carboxylic acids is 1. The number of nitrogens with zero attached hydrogens (tertiary/aromatic N) is 1. The van der Waals surface area contributed by atoms with Gasteiger partial charge in [-0.05, 0) is 24.6 Å². The van der Waals surface area contributed by atoms with E-state index >= 15 is 0 Å². The number of amides is 1. The average molecular weight is 310 g/mol. The van der Waals surface area contributed by atoms with Crippen LogP contribution in [-0.4, -0.2) is 19.0 Å². The molecule has 0 unspecified atom stereocenters. The van der Waals surface area contributed by atoms with Crippen LogP contribution in [0.25, 0.3) is 0 Å². The molecule has 1 amide bonds. The van der Waals surface area contributed by atoms with Crippen LogP contribution >= 0.6 is 15.9 Å². The Kier molecular flexibility index (Phi) is 6.40. The zero-order valence-electron chi connectivity index (χ0n) is 10.2. The third-order valence-corrected chi connectivity index (χ3v) is 3.03. The lowest BCUT2D eigenvalue weighted by atomic mass is 10.1. The van der Waals surface area contributed by atoms with Gasteiger partial charge in [0, 0.05) is 17.1 Å². The van der Waals surface area contributed by atoms with Crippen LogP contribution in [0.1, 0.15) is 24.9 Å². The first-order chi connectivity index (χ1) is 8.63. The fourth-order valence-electron chi connectivity index (χ4n) is 1.44. The van der Waals surface area contributed by atoms with Gasteiger partial charge < -0.3 is 10.6 Å². The lowest BCUT2D eigenvalue weighted by molar-refractivity contribution is -0.120. The minimum Gasteiger partial charge on any atom is -0.354 e. The van der Waals surface area contributed by atoms with E-state index < -0.39 is 0 Å². The average Bonchev–Trinajstić information content (AvgIpc) is 2.37. The molecule has 0 fully saturated rings. The molecular weight excluding hydrogens is 294 g/mol. The molecule has 1 aromatic carbocycles. The number of carbonyl (C=O) groups is 1. The fraction of sp³-hybridized carbons (Fsp3) is 0.385. The van der Waals surface area contributed by atoms with Crippen molar-refractivity contribution in [2.45, 2.75) is 19.4 Å². The molecule has 0 saturated carbocycles. The summed E-state index contributed by atoms with van der Waals surface area (Å²) >= 11 is 3.38. The van der Waals surface area contributed by atoms with Gasteiger partial charge >= 0.3 is 0 Å². The van der Waals surface area contributed by atoms with Crippen LogP contribution in [0.2, 0.25) is 0 Å². The Morgan fingerprint density at radius 3 is 2.72 bits per heavy atom. The van der Waals surface area contributed by atoms with Gasteiger partial charge in [-0.1, -0.05) is 28.1 Å². The minimum absolute atomic E-state index is 0.0887. The molecule has 5 heteroatoms. The van der Waals surface area contributed by atoms with E-state index in [1.54, 1.807) is 0 Å². The largest absolute Gasteiger partial charge is 0.354 e. The second-order valence-electron chi connectivity index (χ2n) is 3.91. The van der Waals surface area contributed by atoms with Gasteiger partial charge in [-0.2, -0.15) is 5.26 Å². The van der Waals surface area contributed by atoms with Crippen molar-refractivity contribution in [1.29, 1.82) is 5.26 Å². The highest BCUT2D eigenvalue weighted by Gasteiger charge is 2.07. The van der Waals surface area contributed by atoms with E-state index in [0.717, 1.165) is 10.0 Å². The van der Waals surface area contributed by atoms with Crippen LogP contribution in [0, 0.1) is 11.3 Å². The maximum Gasteiger partial charge on any atom is 0.234 e. The highest BCUT2D eigenvalue weighted by molar-refractivity contribution is 9.10. The summed E-state index contributed by atoms with van der Waals surface area (Å²) < 4.78 is 1.03. The van der Waals surface area contributed by atoms with Crippen molar-refractivity contribution in [3.05, 3.63) is 34.3 Å². The molecule has 1 atom stereocenters. The molecule has 2 N–H and O–H groups in total. The number of benzene rings is 1. The first kappa shape index (κ1) is 14.7. The number of nitriles is 1. The zero-order chi connectivity index (χ0) is 13.4. The van der Waals surface area contributed by atoms with Crippen LogP contribution in [0.3, 0.4) is 0 Å². The van der Waals surface area contributed by atoms with Crippen molar-refractivity contribution >= 4 is 21.8 Å². The number of rotatable bonds is 6. The van der Waals surface area contributed by atoms with Crippen molar-refractivity contribution < 1.29 is 4.79 Å². The molecule has 96 valence electrons. The topological polar surface area (TPSA) is 64.9 Å². The van der Waals surface area contributed by atoms with E-state index in [4.69, 9.17) is 5.26 Å². The molecule has 1 rings (SSSR count). The smallest absolute Gasteiger partial charge is 0.234 e. The summed E-state index contributed by atoms with van der Waals surface area (Å²) in [5.74, 6) is -0.0887. The molecule has 0 aromatic heterocycles. The van der Waals surface area contributed by atoms with Gasteiger partial charge in [0.05, 0.1) is 19.0 Å². The third-order valence-electron chi connectivity index (χ3n) is 2.50. The number of hydrogen-bond acceptors (Lipinski definition) is 3. The third kappa shape index (κ3) is 5.30. The Hall–Kier alpha value is -1.38. The van der Waals surface area contributed by atoms with Gasteiger partial charge in [-0.15, -0.1) is 0 Å². The first-order valence-electron chi connectivity index (χ1n) is 5.76. The summed E-state index contributed by atoms with van der Waals surface area (Å²) in [6.45, 7) is 2.66. The molecule has 1 aromatic rings. The van der Waals surface area contributed by atoms with E-state index in [9.17, 15) is 4.79 Å². The van der Waals surface area contributed by atoms with Crippen LogP contribution in [0.5, 0.6) is 0 Å². The van der Waals surface area contributed by atoms with Gasteiger partial charge in [-0.25, -0.2) is 0 Å². The van der Waals surface area contributed by atoms with Gasteiger partial charge in [0.2, 0.25) is 5.91 Å². The van der Waals surface area contributed by atoms with Gasteiger partial charge in [-0.3, -0.25) is 4.79 Å². The normalized spacial score (nSPS) is 11.6. The predicted molar refractivity (Wildman–Crippen MR) is 73.8 cm³/mol. The fourth-order valence-corrected chi connectivity index (χ4v) is 1.70. The summed E-state index contributed by atoms with van der Waals surface area (Å²) in [4.78, 5) is 11.4. The monoisotopic (exact) mass is 309 g/mol. The summed E-state index contributed by atoms with van der Waals surface area (Å²) in [5.41, 5.74) is 1.13. The van der Waals surface area contributed by atoms with E-state index in [1.165, 1.54) is 0 Å². The van der Waals surface area contributed by atoms with Crippen molar-refractivity contribution in [2.75, 3.05) is 13.1 Å². The van der Waals surface area contributed by atoms with Crippen molar-refractivity contribution in [3.63, 3.8) is 0 Å². The molecule has 0 aliphatic rings. The van der Waals surface area contributed by atoms with E-state index in [2.05, 4.69) is 26.6 Å². The standard InChI is InChI=1S/C13H16BrN3O/c1-10(11-3-5-12(14)6-4-11)17-9-13(18)16-8-2-7-15/h3-6,10,17H,2,8-9H2,1H3,(H,16,18)/t10-/m1/s1.